The van der Waals surface area contributed by atoms with Gasteiger partial charge in [0.05, 0.1) is 11.3 Å². The molecule has 1 rings (SSSR count). The summed E-state index contributed by atoms with van der Waals surface area (Å²) in [7, 11) is -3.78. The molecule has 0 aliphatic carbocycles. The van der Waals surface area contributed by atoms with Gasteiger partial charge in [0.25, 0.3) is 0 Å². The van der Waals surface area contributed by atoms with Gasteiger partial charge >= 0.3 is 5.97 Å². The summed E-state index contributed by atoms with van der Waals surface area (Å²) >= 11 is 0. The number of aliphatic carboxylic acids is 1. The van der Waals surface area contributed by atoms with Crippen molar-refractivity contribution in [1.29, 1.82) is 0 Å². The van der Waals surface area contributed by atoms with Crippen LogP contribution in [0.5, 0.6) is 0 Å². The molecule has 16 heavy (non-hydrogen) atoms. The molecule has 0 aliphatic rings. The molecule has 0 radical (unpaired) electrons. The quantitative estimate of drug-likeness (QED) is 0.815. The zero-order valence-corrected chi connectivity index (χ0v) is 9.15. The first-order valence-corrected chi connectivity index (χ1v) is 5.96. The third-order valence-electron chi connectivity index (χ3n) is 1.82. The molecule has 1 aromatic rings. The van der Waals surface area contributed by atoms with Crippen LogP contribution in [-0.2, 0) is 14.8 Å². The van der Waals surface area contributed by atoms with E-state index in [9.17, 15) is 13.2 Å². The molecule has 0 bridgehead atoms. The number of carboxylic acids is 1. The van der Waals surface area contributed by atoms with Gasteiger partial charge < -0.3 is 5.11 Å². The van der Waals surface area contributed by atoms with Crippen LogP contribution in [0.3, 0.4) is 0 Å². The maximum absolute atomic E-state index is 11.2. The highest BCUT2D eigenvalue weighted by Crippen LogP contribution is 2.15. The molecular formula is C10H11NO4S. The molecule has 1 aromatic carbocycles. The first-order valence-electron chi connectivity index (χ1n) is 4.41. The molecule has 86 valence electrons. The number of rotatable bonds is 4. The second-order valence-corrected chi connectivity index (χ2v) is 4.61. The van der Waals surface area contributed by atoms with Crippen LogP contribution in [-0.4, -0.2) is 19.5 Å². The Hall–Kier alpha value is -1.66. The summed E-state index contributed by atoms with van der Waals surface area (Å²) in [6.07, 6.45) is 2.62. The van der Waals surface area contributed by atoms with Crippen LogP contribution in [0.4, 0.5) is 0 Å². The van der Waals surface area contributed by atoms with E-state index in [1.165, 1.54) is 18.2 Å². The van der Waals surface area contributed by atoms with E-state index in [4.69, 9.17) is 10.2 Å². The van der Waals surface area contributed by atoms with Gasteiger partial charge in [-0.05, 0) is 11.6 Å². The average Bonchev–Trinajstić information content (AvgIpc) is 2.16. The monoisotopic (exact) mass is 241 g/mol. The molecule has 0 unspecified atom stereocenters. The van der Waals surface area contributed by atoms with Crippen molar-refractivity contribution in [2.75, 3.05) is 0 Å². The van der Waals surface area contributed by atoms with E-state index in [2.05, 4.69) is 0 Å². The fourth-order valence-corrected chi connectivity index (χ4v) is 1.90. The summed E-state index contributed by atoms with van der Waals surface area (Å²) in [5.41, 5.74) is 0.381. The fraction of sp³-hybridized carbons (Fsp3) is 0.100. The minimum atomic E-state index is -3.78. The summed E-state index contributed by atoms with van der Waals surface area (Å²) < 4.78 is 22.4. The molecule has 0 aromatic heterocycles. The fourth-order valence-electron chi connectivity index (χ4n) is 1.16. The predicted molar refractivity (Wildman–Crippen MR) is 59.1 cm³/mol. The number of benzene rings is 1. The Balaban J connectivity index is 3.06. The molecule has 5 nitrogen and oxygen atoms in total. The van der Waals surface area contributed by atoms with Gasteiger partial charge in [0.15, 0.2) is 0 Å². The van der Waals surface area contributed by atoms with Crippen molar-refractivity contribution in [1.82, 2.24) is 0 Å². The molecule has 0 saturated heterocycles. The lowest BCUT2D eigenvalue weighted by atomic mass is 10.2. The van der Waals surface area contributed by atoms with Crippen molar-refractivity contribution in [2.45, 2.75) is 11.3 Å². The van der Waals surface area contributed by atoms with Crippen molar-refractivity contribution in [2.24, 2.45) is 5.14 Å². The molecule has 0 fully saturated rings. The second kappa shape index (κ2) is 4.91. The smallest absolute Gasteiger partial charge is 0.307 e. The van der Waals surface area contributed by atoms with Crippen molar-refractivity contribution < 1.29 is 18.3 Å². The molecule has 0 saturated carbocycles. The summed E-state index contributed by atoms with van der Waals surface area (Å²) in [5, 5.41) is 13.4. The zero-order valence-electron chi connectivity index (χ0n) is 8.33. The normalized spacial score (nSPS) is 11.8. The molecule has 0 heterocycles. The zero-order chi connectivity index (χ0) is 12.2. The minimum absolute atomic E-state index is 0.0170. The number of sulfonamides is 1. The lowest BCUT2D eigenvalue weighted by Gasteiger charge is -2.02. The van der Waals surface area contributed by atoms with Crippen LogP contribution in [0.2, 0.25) is 0 Å². The van der Waals surface area contributed by atoms with E-state index in [-0.39, 0.29) is 11.3 Å². The highest BCUT2D eigenvalue weighted by atomic mass is 32.2. The van der Waals surface area contributed by atoms with E-state index >= 15 is 0 Å². The Kier molecular flexibility index (Phi) is 3.81. The lowest BCUT2D eigenvalue weighted by Crippen LogP contribution is -2.13. The summed E-state index contributed by atoms with van der Waals surface area (Å²) in [6, 6.07) is 6.12. The Morgan fingerprint density at radius 3 is 2.56 bits per heavy atom. The van der Waals surface area contributed by atoms with Gasteiger partial charge in [0.2, 0.25) is 10.0 Å². The highest BCUT2D eigenvalue weighted by molar-refractivity contribution is 7.89. The van der Waals surface area contributed by atoms with Gasteiger partial charge in [-0.3, -0.25) is 4.79 Å². The van der Waals surface area contributed by atoms with Crippen LogP contribution in [0.1, 0.15) is 12.0 Å². The Morgan fingerprint density at radius 2 is 2.00 bits per heavy atom. The predicted octanol–water partition coefficient (Wildman–Crippen LogP) is 0.822. The SMILES string of the molecule is NS(=O)(=O)c1ccccc1C=CCC(=O)O. The van der Waals surface area contributed by atoms with E-state index < -0.39 is 16.0 Å². The van der Waals surface area contributed by atoms with Gasteiger partial charge in [-0.15, -0.1) is 0 Å². The van der Waals surface area contributed by atoms with E-state index in [0.29, 0.717) is 5.56 Å². The van der Waals surface area contributed by atoms with Crippen LogP contribution in [0, 0.1) is 0 Å². The van der Waals surface area contributed by atoms with Crippen LogP contribution in [0.25, 0.3) is 6.08 Å². The van der Waals surface area contributed by atoms with Crippen LogP contribution >= 0.6 is 0 Å². The topological polar surface area (TPSA) is 97.5 Å². The van der Waals surface area contributed by atoms with Crippen molar-refractivity contribution in [3.8, 4) is 0 Å². The largest absolute Gasteiger partial charge is 0.481 e. The number of carbonyl (C=O) groups is 1. The summed E-state index contributed by atoms with van der Waals surface area (Å²) in [5.74, 6) is -0.982. The summed E-state index contributed by atoms with van der Waals surface area (Å²) in [6.45, 7) is 0. The average molecular weight is 241 g/mol. The van der Waals surface area contributed by atoms with Crippen molar-refractivity contribution >= 4 is 22.1 Å². The maximum Gasteiger partial charge on any atom is 0.307 e. The van der Waals surface area contributed by atoms with Gasteiger partial charge in [0, 0.05) is 0 Å². The van der Waals surface area contributed by atoms with Gasteiger partial charge in [0.1, 0.15) is 0 Å². The first kappa shape index (κ1) is 12.4. The maximum atomic E-state index is 11.2. The molecular weight excluding hydrogens is 230 g/mol. The third kappa shape index (κ3) is 3.48. The van der Waals surface area contributed by atoms with E-state index in [1.807, 2.05) is 0 Å². The Morgan fingerprint density at radius 1 is 1.38 bits per heavy atom. The molecule has 0 atom stereocenters. The number of carboxylic acid groups (broad SMARTS) is 1. The Labute approximate surface area is 93.3 Å². The Bertz CT molecular complexity index is 519. The molecule has 0 spiro atoms. The number of primary sulfonamides is 1. The minimum Gasteiger partial charge on any atom is -0.481 e. The molecule has 3 N–H and O–H groups in total. The molecule has 6 heteroatoms. The van der Waals surface area contributed by atoms with Crippen molar-refractivity contribution in [3.05, 3.63) is 35.9 Å². The van der Waals surface area contributed by atoms with E-state index in [1.54, 1.807) is 18.2 Å². The standard InChI is InChI=1S/C10H11NO4S/c11-16(14,15)9-6-2-1-4-8(9)5-3-7-10(12)13/h1-6H,7H2,(H,12,13)(H2,11,14,15). The van der Waals surface area contributed by atoms with Gasteiger partial charge in [-0.25, -0.2) is 13.6 Å². The van der Waals surface area contributed by atoms with Crippen LogP contribution < -0.4 is 5.14 Å². The molecule has 0 amide bonds. The third-order valence-corrected chi connectivity index (χ3v) is 2.80. The van der Waals surface area contributed by atoms with Gasteiger partial charge in [-0.1, -0.05) is 30.4 Å². The van der Waals surface area contributed by atoms with Gasteiger partial charge in [-0.2, -0.15) is 0 Å². The number of hydrogen-bond acceptors (Lipinski definition) is 3. The first-order chi connectivity index (χ1) is 7.41. The summed E-state index contributed by atoms with van der Waals surface area (Å²) in [4.78, 5) is 10.3. The number of hydrogen-bond donors (Lipinski definition) is 2. The second-order valence-electron chi connectivity index (χ2n) is 3.08. The van der Waals surface area contributed by atoms with Crippen LogP contribution in [0.15, 0.2) is 35.2 Å². The number of nitrogens with two attached hydrogens (primary N) is 1. The molecule has 0 aliphatic heterocycles. The van der Waals surface area contributed by atoms with Crippen molar-refractivity contribution in [3.63, 3.8) is 0 Å². The van der Waals surface area contributed by atoms with E-state index in [0.717, 1.165) is 0 Å². The highest BCUT2D eigenvalue weighted by Gasteiger charge is 2.10. The lowest BCUT2D eigenvalue weighted by molar-refractivity contribution is -0.135.